The van der Waals surface area contributed by atoms with Gasteiger partial charge in [0.1, 0.15) is 5.75 Å². The molecule has 1 N–H and O–H groups in total. The molecule has 8 heteroatoms. The highest BCUT2D eigenvalue weighted by Gasteiger charge is 2.52. The smallest absolute Gasteiger partial charge is 0.387 e. The first-order chi connectivity index (χ1) is 12.3. The summed E-state index contributed by atoms with van der Waals surface area (Å²) in [7, 11) is 1.89. The number of ether oxygens (including phenoxy) is 1. The Morgan fingerprint density at radius 1 is 1.23 bits per heavy atom. The van der Waals surface area contributed by atoms with Gasteiger partial charge in [-0.3, -0.25) is 9.59 Å². The number of nitrogens with zero attached hydrogens (tertiary/aromatic N) is 2. The molecule has 26 heavy (non-hydrogen) atoms. The molecule has 0 radical (unpaired) electrons. The molecular weight excluding hydrogens is 346 g/mol. The van der Waals surface area contributed by atoms with Crippen LogP contribution >= 0.6 is 0 Å². The van der Waals surface area contributed by atoms with Gasteiger partial charge in [-0.25, -0.2) is 0 Å². The average Bonchev–Trinajstić information content (AvgIpc) is 2.61. The third-order valence-electron chi connectivity index (χ3n) is 5.56. The maximum Gasteiger partial charge on any atom is 0.387 e. The molecule has 2 heterocycles. The molecule has 6 nitrogen and oxygen atoms in total. The van der Waals surface area contributed by atoms with Crippen LogP contribution in [0.25, 0.3) is 0 Å². The maximum atomic E-state index is 12.8. The fraction of sp³-hybridized carbons (Fsp3) is 0.556. The lowest BCUT2D eigenvalue weighted by Crippen LogP contribution is -2.63. The van der Waals surface area contributed by atoms with Crippen LogP contribution in [-0.2, 0) is 4.79 Å². The Morgan fingerprint density at radius 2 is 1.92 bits per heavy atom. The van der Waals surface area contributed by atoms with E-state index < -0.39 is 18.0 Å². The van der Waals surface area contributed by atoms with Crippen LogP contribution in [0.5, 0.6) is 5.75 Å². The summed E-state index contributed by atoms with van der Waals surface area (Å²) in [5, 5.41) is 9.78. The summed E-state index contributed by atoms with van der Waals surface area (Å²) in [5.41, 5.74) is -0.438. The molecule has 0 unspecified atom stereocenters. The fourth-order valence-corrected chi connectivity index (χ4v) is 4.13. The Morgan fingerprint density at radius 3 is 2.54 bits per heavy atom. The van der Waals surface area contributed by atoms with Crippen molar-refractivity contribution >= 4 is 11.9 Å². The Labute approximate surface area is 150 Å². The standard InChI is InChI=1S/C18H22F2N2O4/c1-21-9-2-7-18(16(24)25)8-10-22(11-14(18)21)15(23)12-3-5-13(6-4-12)26-17(19)20/h3-6,14,17H,2,7-11H2,1H3,(H,24,25)/t14-,18+/m1/s1. The van der Waals surface area contributed by atoms with Crippen LogP contribution < -0.4 is 4.74 Å². The summed E-state index contributed by atoms with van der Waals surface area (Å²) in [5.74, 6) is -1.03. The highest BCUT2D eigenvalue weighted by atomic mass is 19.3. The van der Waals surface area contributed by atoms with Gasteiger partial charge in [0.15, 0.2) is 0 Å². The predicted molar refractivity (Wildman–Crippen MR) is 89.3 cm³/mol. The highest BCUT2D eigenvalue weighted by molar-refractivity contribution is 5.94. The van der Waals surface area contributed by atoms with Crippen molar-refractivity contribution in [2.45, 2.75) is 31.9 Å². The Balaban J connectivity index is 1.74. The lowest BCUT2D eigenvalue weighted by Gasteiger charge is -2.51. The van der Waals surface area contributed by atoms with Gasteiger partial charge in [0, 0.05) is 24.7 Å². The first-order valence-corrected chi connectivity index (χ1v) is 8.61. The number of rotatable bonds is 4. The van der Waals surface area contributed by atoms with Crippen molar-refractivity contribution in [3.05, 3.63) is 29.8 Å². The van der Waals surface area contributed by atoms with E-state index >= 15 is 0 Å². The number of benzene rings is 1. The van der Waals surface area contributed by atoms with Crippen LogP contribution in [0, 0.1) is 5.41 Å². The second-order valence-corrected chi connectivity index (χ2v) is 6.97. The van der Waals surface area contributed by atoms with E-state index in [-0.39, 0.29) is 17.7 Å². The number of likely N-dealkylation sites (N-methyl/N-ethyl adjacent to an activating group) is 1. The van der Waals surface area contributed by atoms with Gasteiger partial charge in [0.05, 0.1) is 5.41 Å². The second-order valence-electron chi connectivity index (χ2n) is 6.97. The zero-order valence-corrected chi connectivity index (χ0v) is 14.5. The summed E-state index contributed by atoms with van der Waals surface area (Å²) < 4.78 is 28.7. The van der Waals surface area contributed by atoms with Crippen molar-refractivity contribution in [2.75, 3.05) is 26.7 Å². The van der Waals surface area contributed by atoms with Crippen molar-refractivity contribution in [3.8, 4) is 5.75 Å². The van der Waals surface area contributed by atoms with Gasteiger partial charge in [0.2, 0.25) is 0 Å². The monoisotopic (exact) mass is 368 g/mol. The van der Waals surface area contributed by atoms with E-state index in [4.69, 9.17) is 0 Å². The quantitative estimate of drug-likeness (QED) is 0.883. The molecule has 3 rings (SSSR count). The number of carboxylic acid groups (broad SMARTS) is 1. The minimum Gasteiger partial charge on any atom is -0.481 e. The van der Waals surface area contributed by atoms with Gasteiger partial charge in [0.25, 0.3) is 5.91 Å². The molecule has 2 fully saturated rings. The van der Waals surface area contributed by atoms with Gasteiger partial charge in [-0.2, -0.15) is 8.78 Å². The van der Waals surface area contributed by atoms with Crippen LogP contribution in [0.3, 0.4) is 0 Å². The molecule has 142 valence electrons. The fourth-order valence-electron chi connectivity index (χ4n) is 4.13. The summed E-state index contributed by atoms with van der Waals surface area (Å²) in [6.07, 6.45) is 1.87. The first kappa shape index (κ1) is 18.6. The van der Waals surface area contributed by atoms with Crippen molar-refractivity contribution in [1.82, 2.24) is 9.80 Å². The molecule has 1 aromatic carbocycles. The molecular formula is C18H22F2N2O4. The Hall–Kier alpha value is -2.22. The number of halogens is 2. The van der Waals surface area contributed by atoms with E-state index in [2.05, 4.69) is 4.74 Å². The SMILES string of the molecule is CN1CCC[C@]2(C(=O)O)CCN(C(=O)c3ccc(OC(F)F)cc3)C[C@@H]12. The number of carboxylic acids is 1. The lowest BCUT2D eigenvalue weighted by molar-refractivity contribution is -0.161. The van der Waals surface area contributed by atoms with E-state index in [1.54, 1.807) is 4.90 Å². The molecule has 2 saturated heterocycles. The number of hydrogen-bond acceptors (Lipinski definition) is 4. The Kier molecular flexibility index (Phi) is 5.13. The van der Waals surface area contributed by atoms with E-state index in [0.717, 1.165) is 13.0 Å². The van der Waals surface area contributed by atoms with Crippen molar-refractivity contribution in [3.63, 3.8) is 0 Å². The molecule has 0 aliphatic carbocycles. The van der Waals surface area contributed by atoms with Gasteiger partial charge in [-0.05, 0) is 57.1 Å². The lowest BCUT2D eigenvalue weighted by atomic mass is 9.68. The number of amides is 1. The van der Waals surface area contributed by atoms with Gasteiger partial charge in [-0.15, -0.1) is 0 Å². The molecule has 1 amide bonds. The van der Waals surface area contributed by atoms with Crippen molar-refractivity contribution in [1.29, 1.82) is 0 Å². The molecule has 2 atom stereocenters. The molecule has 2 aliphatic rings. The molecule has 1 aromatic rings. The van der Waals surface area contributed by atoms with Crippen LogP contribution in [-0.4, -0.2) is 66.1 Å². The van der Waals surface area contributed by atoms with Crippen molar-refractivity contribution in [2.24, 2.45) is 5.41 Å². The summed E-state index contributed by atoms with van der Waals surface area (Å²) in [6.45, 7) is -1.40. The van der Waals surface area contributed by atoms with Gasteiger partial charge in [-0.1, -0.05) is 0 Å². The molecule has 0 bridgehead atoms. The molecule has 2 aliphatic heterocycles. The average molecular weight is 368 g/mol. The van der Waals surface area contributed by atoms with Gasteiger partial charge >= 0.3 is 12.6 Å². The zero-order chi connectivity index (χ0) is 18.9. The second kappa shape index (κ2) is 7.19. The number of aliphatic carboxylic acids is 1. The van der Waals surface area contributed by atoms with Crippen LogP contribution in [0.4, 0.5) is 8.78 Å². The number of hydrogen-bond donors (Lipinski definition) is 1. The van der Waals surface area contributed by atoms with E-state index in [1.165, 1.54) is 24.3 Å². The number of piperidine rings is 2. The summed E-state index contributed by atoms with van der Waals surface area (Å²) in [4.78, 5) is 28.4. The first-order valence-electron chi connectivity index (χ1n) is 8.61. The van der Waals surface area contributed by atoms with E-state index in [9.17, 15) is 23.5 Å². The number of fused-ring (bicyclic) bond motifs is 1. The highest BCUT2D eigenvalue weighted by Crippen LogP contribution is 2.42. The van der Waals surface area contributed by atoms with E-state index in [1.807, 2.05) is 11.9 Å². The molecule has 0 spiro atoms. The third kappa shape index (κ3) is 3.38. The number of carbonyl (C=O) groups excluding carboxylic acids is 1. The normalized spacial score (nSPS) is 26.5. The minimum atomic E-state index is -2.91. The Bertz CT molecular complexity index is 682. The number of alkyl halides is 2. The zero-order valence-electron chi connectivity index (χ0n) is 14.5. The topological polar surface area (TPSA) is 70.1 Å². The van der Waals surface area contributed by atoms with Crippen LogP contribution in [0.1, 0.15) is 29.6 Å². The maximum absolute atomic E-state index is 12.8. The number of likely N-dealkylation sites (tertiary alicyclic amines) is 2. The third-order valence-corrected chi connectivity index (χ3v) is 5.56. The van der Waals surface area contributed by atoms with Crippen LogP contribution in [0.2, 0.25) is 0 Å². The molecule has 0 saturated carbocycles. The summed E-state index contributed by atoms with van der Waals surface area (Å²) >= 11 is 0. The minimum absolute atomic E-state index is 0.00731. The van der Waals surface area contributed by atoms with Crippen molar-refractivity contribution < 1.29 is 28.2 Å². The van der Waals surface area contributed by atoms with Crippen LogP contribution in [0.15, 0.2) is 24.3 Å². The van der Waals surface area contributed by atoms with Gasteiger partial charge < -0.3 is 19.6 Å². The van der Waals surface area contributed by atoms with E-state index in [0.29, 0.717) is 31.5 Å². The molecule has 0 aromatic heterocycles. The predicted octanol–water partition coefficient (Wildman–Crippen LogP) is 2.30. The largest absolute Gasteiger partial charge is 0.481 e. The summed E-state index contributed by atoms with van der Waals surface area (Å²) in [6, 6.07) is 5.33. The number of carbonyl (C=O) groups is 2.